The molecule has 0 radical (unpaired) electrons. The number of rotatable bonds is 7. The molecule has 0 amide bonds. The van der Waals surface area contributed by atoms with Gasteiger partial charge in [0, 0.05) is 12.1 Å². The van der Waals surface area contributed by atoms with Crippen LogP contribution in [-0.4, -0.2) is 30.1 Å². The molecule has 1 fully saturated rings. The highest BCUT2D eigenvalue weighted by atomic mass is 16.3. The maximum atomic E-state index is 12.9. The molecular formula is C24H28N6O2. The summed E-state index contributed by atoms with van der Waals surface area (Å²) in [7, 11) is 0. The predicted octanol–water partition coefficient (Wildman–Crippen LogP) is 4.12. The first kappa shape index (κ1) is 20.6. The summed E-state index contributed by atoms with van der Waals surface area (Å²) in [6.45, 7) is 3.58. The Hall–Kier alpha value is -3.26. The first-order chi connectivity index (χ1) is 15.7. The molecule has 0 saturated heterocycles. The summed E-state index contributed by atoms with van der Waals surface area (Å²) in [5, 5.41) is 13.6. The van der Waals surface area contributed by atoms with Gasteiger partial charge in [0.05, 0.1) is 30.9 Å². The van der Waals surface area contributed by atoms with Gasteiger partial charge in [-0.1, -0.05) is 37.5 Å². The van der Waals surface area contributed by atoms with Gasteiger partial charge in [0.25, 0.3) is 5.56 Å². The smallest absolute Gasteiger partial charge is 0.252 e. The fraction of sp³-hybridized carbons (Fsp3) is 0.417. The molecule has 8 nitrogen and oxygen atoms in total. The van der Waals surface area contributed by atoms with Crippen LogP contribution in [0.25, 0.3) is 10.9 Å². The maximum Gasteiger partial charge on any atom is 0.252 e. The highest BCUT2D eigenvalue weighted by Crippen LogP contribution is 2.28. The summed E-state index contributed by atoms with van der Waals surface area (Å²) in [5.41, 5.74) is 2.60. The lowest BCUT2D eigenvalue weighted by atomic mass is 9.95. The summed E-state index contributed by atoms with van der Waals surface area (Å²) in [6.07, 6.45) is 7.60. The van der Waals surface area contributed by atoms with E-state index in [9.17, 15) is 4.79 Å². The van der Waals surface area contributed by atoms with Crippen molar-refractivity contribution >= 4 is 10.9 Å². The molecule has 0 bridgehead atoms. The van der Waals surface area contributed by atoms with Gasteiger partial charge in [-0.3, -0.25) is 9.69 Å². The van der Waals surface area contributed by atoms with Gasteiger partial charge in [-0.25, -0.2) is 4.68 Å². The number of furan rings is 1. The number of benzene rings is 1. The second kappa shape index (κ2) is 9.08. The quantitative estimate of drug-likeness (QED) is 0.472. The van der Waals surface area contributed by atoms with E-state index in [1.807, 2.05) is 48.0 Å². The minimum atomic E-state index is -0.0666. The highest BCUT2D eigenvalue weighted by Gasteiger charge is 2.22. The van der Waals surface area contributed by atoms with Crippen LogP contribution in [0.4, 0.5) is 0 Å². The molecule has 3 heterocycles. The van der Waals surface area contributed by atoms with Crippen molar-refractivity contribution in [3.8, 4) is 0 Å². The lowest BCUT2D eigenvalue weighted by Crippen LogP contribution is -2.28. The standard InChI is InChI=1S/C24H28N6O2/c1-17-7-5-8-18-13-19(24(31)25-23(17)18)14-29(15-21-11-6-12-32-21)16-22-26-27-28-30(22)20-9-3-2-4-10-20/h5-8,11-13,20H,2-4,9-10,14-16H2,1H3,(H,25,31). The van der Waals surface area contributed by atoms with Gasteiger partial charge in [0.1, 0.15) is 5.76 Å². The average molecular weight is 433 g/mol. The van der Waals surface area contributed by atoms with E-state index in [0.717, 1.165) is 40.9 Å². The zero-order valence-corrected chi connectivity index (χ0v) is 18.3. The largest absolute Gasteiger partial charge is 0.468 e. The van der Waals surface area contributed by atoms with Gasteiger partial charge >= 0.3 is 0 Å². The van der Waals surface area contributed by atoms with Gasteiger partial charge in [0.15, 0.2) is 5.82 Å². The molecule has 1 aromatic carbocycles. The lowest BCUT2D eigenvalue weighted by molar-refractivity contribution is 0.209. The highest BCUT2D eigenvalue weighted by molar-refractivity contribution is 5.81. The number of para-hydroxylation sites is 1. The van der Waals surface area contributed by atoms with E-state index < -0.39 is 0 Å². The number of aromatic nitrogens is 5. The zero-order valence-electron chi connectivity index (χ0n) is 18.3. The topological polar surface area (TPSA) is 92.8 Å². The van der Waals surface area contributed by atoms with Crippen molar-refractivity contribution in [3.63, 3.8) is 0 Å². The summed E-state index contributed by atoms with van der Waals surface area (Å²) >= 11 is 0. The molecule has 166 valence electrons. The van der Waals surface area contributed by atoms with Crippen LogP contribution in [-0.2, 0) is 19.6 Å². The molecule has 1 N–H and O–H groups in total. The minimum Gasteiger partial charge on any atom is -0.468 e. The summed E-state index contributed by atoms with van der Waals surface area (Å²) in [6, 6.07) is 12.2. The molecule has 0 aliphatic heterocycles. The first-order valence-corrected chi connectivity index (χ1v) is 11.3. The summed E-state index contributed by atoms with van der Waals surface area (Å²) < 4.78 is 7.59. The van der Waals surface area contributed by atoms with E-state index in [1.54, 1.807) is 6.26 Å². The average Bonchev–Trinajstić information content (AvgIpc) is 3.48. The third-order valence-corrected chi connectivity index (χ3v) is 6.36. The van der Waals surface area contributed by atoms with E-state index >= 15 is 0 Å². The van der Waals surface area contributed by atoms with Crippen molar-refractivity contribution in [2.24, 2.45) is 0 Å². The molecule has 3 aromatic heterocycles. The minimum absolute atomic E-state index is 0.0666. The number of nitrogens with one attached hydrogen (secondary N) is 1. The Kier molecular flexibility index (Phi) is 5.85. The summed E-state index contributed by atoms with van der Waals surface area (Å²) in [4.78, 5) is 18.1. The zero-order chi connectivity index (χ0) is 21.9. The van der Waals surface area contributed by atoms with Crippen molar-refractivity contribution in [2.75, 3.05) is 0 Å². The summed E-state index contributed by atoms with van der Waals surface area (Å²) in [5.74, 6) is 1.67. The number of hydrogen-bond acceptors (Lipinski definition) is 6. The number of aromatic amines is 1. The number of tetrazole rings is 1. The molecular weight excluding hydrogens is 404 g/mol. The Bertz CT molecular complexity index is 1240. The molecule has 0 unspecified atom stereocenters. The van der Waals surface area contributed by atoms with Crippen LogP contribution >= 0.6 is 0 Å². The van der Waals surface area contributed by atoms with Gasteiger partial charge in [-0.2, -0.15) is 0 Å². The Labute approximate surface area is 186 Å². The van der Waals surface area contributed by atoms with Crippen LogP contribution < -0.4 is 5.56 Å². The third-order valence-electron chi connectivity index (χ3n) is 6.36. The number of pyridine rings is 1. The SMILES string of the molecule is Cc1cccc2cc(CN(Cc3ccco3)Cc3nnnn3C3CCCCC3)c(=O)[nH]c12. The third kappa shape index (κ3) is 4.36. The van der Waals surface area contributed by atoms with Crippen molar-refractivity contribution in [1.29, 1.82) is 0 Å². The first-order valence-electron chi connectivity index (χ1n) is 11.3. The van der Waals surface area contributed by atoms with E-state index in [0.29, 0.717) is 31.2 Å². The van der Waals surface area contributed by atoms with Gasteiger partial charge in [0.2, 0.25) is 0 Å². The number of aryl methyl sites for hydroxylation is 1. The van der Waals surface area contributed by atoms with Gasteiger partial charge < -0.3 is 9.40 Å². The number of H-pyrrole nitrogens is 1. The fourth-order valence-corrected chi connectivity index (χ4v) is 4.70. The van der Waals surface area contributed by atoms with Crippen LogP contribution in [0, 0.1) is 6.92 Å². The molecule has 8 heteroatoms. The Balaban J connectivity index is 1.44. The van der Waals surface area contributed by atoms with Crippen molar-refractivity contribution < 1.29 is 4.42 Å². The van der Waals surface area contributed by atoms with Crippen LogP contribution in [0.5, 0.6) is 0 Å². The molecule has 1 aliphatic carbocycles. The molecule has 4 aromatic rings. The fourth-order valence-electron chi connectivity index (χ4n) is 4.70. The number of fused-ring (bicyclic) bond motifs is 1. The molecule has 1 aliphatic rings. The van der Waals surface area contributed by atoms with Crippen LogP contribution in [0.15, 0.2) is 51.9 Å². The molecule has 0 spiro atoms. The Morgan fingerprint density at radius 3 is 2.81 bits per heavy atom. The number of nitrogens with zero attached hydrogens (tertiary/aromatic N) is 5. The van der Waals surface area contributed by atoms with Crippen molar-refractivity contribution in [3.05, 3.63) is 75.7 Å². The van der Waals surface area contributed by atoms with Crippen LogP contribution in [0.2, 0.25) is 0 Å². The van der Waals surface area contributed by atoms with Gasteiger partial charge in [-0.15, -0.1) is 5.10 Å². The lowest BCUT2D eigenvalue weighted by Gasteiger charge is -2.25. The van der Waals surface area contributed by atoms with Crippen LogP contribution in [0.3, 0.4) is 0 Å². The van der Waals surface area contributed by atoms with Gasteiger partial charge in [-0.05, 0) is 59.3 Å². The van der Waals surface area contributed by atoms with Crippen LogP contribution in [0.1, 0.15) is 60.9 Å². The van der Waals surface area contributed by atoms with Crippen molar-refractivity contribution in [2.45, 2.75) is 64.7 Å². The molecule has 32 heavy (non-hydrogen) atoms. The second-order valence-corrected chi connectivity index (χ2v) is 8.72. The monoisotopic (exact) mass is 432 g/mol. The van der Waals surface area contributed by atoms with Crippen molar-refractivity contribution in [1.82, 2.24) is 30.1 Å². The van der Waals surface area contributed by atoms with E-state index in [4.69, 9.17) is 4.42 Å². The molecule has 1 saturated carbocycles. The van der Waals surface area contributed by atoms with E-state index in [-0.39, 0.29) is 5.56 Å². The Morgan fingerprint density at radius 1 is 1.12 bits per heavy atom. The number of hydrogen-bond donors (Lipinski definition) is 1. The normalized spacial score (nSPS) is 15.1. The molecule has 5 rings (SSSR count). The van der Waals surface area contributed by atoms with E-state index in [2.05, 4.69) is 25.4 Å². The Morgan fingerprint density at radius 2 is 2.00 bits per heavy atom. The second-order valence-electron chi connectivity index (χ2n) is 8.72. The van der Waals surface area contributed by atoms with E-state index in [1.165, 1.54) is 19.3 Å². The molecule has 0 atom stereocenters. The predicted molar refractivity (Wildman–Crippen MR) is 121 cm³/mol. The maximum absolute atomic E-state index is 12.9.